The summed E-state index contributed by atoms with van der Waals surface area (Å²) in [6.07, 6.45) is -6.31. The fourth-order valence-electron chi connectivity index (χ4n) is 3.53. The van der Waals surface area contributed by atoms with Gasteiger partial charge in [0.05, 0.1) is 37.3 Å². The molecule has 2 aliphatic heterocycles. The fourth-order valence-corrected chi connectivity index (χ4v) is 3.53. The number of aromatic nitrogens is 2. The van der Waals surface area contributed by atoms with Gasteiger partial charge in [-0.15, -0.1) is 0 Å². The Labute approximate surface area is 206 Å². The highest BCUT2D eigenvalue weighted by molar-refractivity contribution is 5.73. The van der Waals surface area contributed by atoms with E-state index < -0.39 is 24.3 Å². The van der Waals surface area contributed by atoms with Gasteiger partial charge in [0.2, 0.25) is 0 Å². The molecule has 0 aromatic carbocycles. The number of nitrogens with zero attached hydrogens (tertiary/aromatic N) is 3. The van der Waals surface area contributed by atoms with Crippen LogP contribution in [0.4, 0.5) is 26.3 Å². The van der Waals surface area contributed by atoms with E-state index in [1.807, 2.05) is 42.7 Å². The van der Waals surface area contributed by atoms with Crippen LogP contribution >= 0.6 is 0 Å². The quantitative estimate of drug-likeness (QED) is 0.552. The number of likely N-dealkylation sites (tertiary alicyclic amines) is 1. The molecule has 0 bridgehead atoms. The van der Waals surface area contributed by atoms with E-state index in [0.29, 0.717) is 18.6 Å². The SMILES string of the molecule is O=C(O)C(F)(F)F.O=C(O)C(F)(F)F.c1ccc(CO[C@H]2CN(Cc3ccccn3)[C@@H]3COC[C@H]23)nc1. The van der Waals surface area contributed by atoms with Gasteiger partial charge in [-0.2, -0.15) is 26.3 Å². The van der Waals surface area contributed by atoms with Crippen molar-refractivity contribution < 1.29 is 55.6 Å². The molecule has 2 fully saturated rings. The van der Waals surface area contributed by atoms with Crippen molar-refractivity contribution in [1.82, 2.24) is 14.9 Å². The lowest BCUT2D eigenvalue weighted by Gasteiger charge is -2.21. The van der Waals surface area contributed by atoms with Crippen LogP contribution in [-0.2, 0) is 32.2 Å². The lowest BCUT2D eigenvalue weighted by Crippen LogP contribution is -2.32. The number of halogens is 6. The van der Waals surface area contributed by atoms with Crippen LogP contribution < -0.4 is 0 Å². The molecule has 0 saturated carbocycles. The molecule has 37 heavy (non-hydrogen) atoms. The predicted molar refractivity (Wildman–Crippen MR) is 113 cm³/mol. The molecule has 2 aromatic rings. The maximum atomic E-state index is 10.6. The monoisotopic (exact) mass is 539 g/mol. The van der Waals surface area contributed by atoms with Crippen molar-refractivity contribution in [1.29, 1.82) is 0 Å². The van der Waals surface area contributed by atoms with Crippen LogP contribution in [0.5, 0.6) is 0 Å². The largest absolute Gasteiger partial charge is 0.490 e. The third-order valence-electron chi connectivity index (χ3n) is 5.20. The van der Waals surface area contributed by atoms with E-state index in [2.05, 4.69) is 20.9 Å². The second kappa shape index (κ2) is 13.3. The number of pyridine rings is 2. The first-order chi connectivity index (χ1) is 17.3. The molecule has 2 N–H and O–H groups in total. The van der Waals surface area contributed by atoms with Crippen LogP contribution in [0.1, 0.15) is 11.4 Å². The Balaban J connectivity index is 0.000000286. The molecule has 15 heteroatoms. The number of ether oxygens (including phenoxy) is 2. The third kappa shape index (κ3) is 9.93. The summed E-state index contributed by atoms with van der Waals surface area (Å²) in [5.74, 6) is -5.07. The first-order valence-electron chi connectivity index (χ1n) is 10.6. The molecule has 0 radical (unpaired) electrons. The fraction of sp³-hybridized carbons (Fsp3) is 0.455. The summed E-state index contributed by atoms with van der Waals surface area (Å²) < 4.78 is 75.3. The average molecular weight is 539 g/mol. The van der Waals surface area contributed by atoms with Crippen LogP contribution in [-0.4, -0.2) is 81.3 Å². The van der Waals surface area contributed by atoms with E-state index in [4.69, 9.17) is 29.3 Å². The Kier molecular flexibility index (Phi) is 10.8. The highest BCUT2D eigenvalue weighted by Crippen LogP contribution is 2.33. The Hall–Kier alpha value is -3.30. The van der Waals surface area contributed by atoms with E-state index in [9.17, 15) is 26.3 Å². The normalized spacial score (nSPS) is 21.2. The van der Waals surface area contributed by atoms with Gasteiger partial charge in [-0.1, -0.05) is 12.1 Å². The number of carboxylic acids is 2. The Morgan fingerprint density at radius 1 is 0.919 bits per heavy atom. The topological polar surface area (TPSA) is 122 Å². The van der Waals surface area contributed by atoms with Crippen molar-refractivity contribution in [3.63, 3.8) is 0 Å². The number of carboxylic acid groups (broad SMARTS) is 2. The molecule has 2 aliphatic rings. The summed E-state index contributed by atoms with van der Waals surface area (Å²) in [4.78, 5) is 29.0. The molecule has 0 aliphatic carbocycles. The number of fused-ring (bicyclic) bond motifs is 1. The summed E-state index contributed by atoms with van der Waals surface area (Å²) in [5, 5.41) is 14.2. The van der Waals surface area contributed by atoms with Gasteiger partial charge in [-0.05, 0) is 24.3 Å². The second-order valence-corrected chi connectivity index (χ2v) is 7.80. The molecule has 4 rings (SSSR count). The van der Waals surface area contributed by atoms with Crippen LogP contribution in [0.25, 0.3) is 0 Å². The maximum absolute atomic E-state index is 10.6. The molecule has 0 amide bonds. The van der Waals surface area contributed by atoms with Gasteiger partial charge in [-0.25, -0.2) is 9.59 Å². The zero-order valence-electron chi connectivity index (χ0n) is 19.0. The number of carbonyl (C=O) groups is 2. The van der Waals surface area contributed by atoms with Gasteiger partial charge in [0.1, 0.15) is 0 Å². The third-order valence-corrected chi connectivity index (χ3v) is 5.20. The Morgan fingerprint density at radius 3 is 1.89 bits per heavy atom. The highest BCUT2D eigenvalue weighted by atomic mass is 19.4. The van der Waals surface area contributed by atoms with Crippen LogP contribution in [0.3, 0.4) is 0 Å². The zero-order chi connectivity index (χ0) is 27.6. The van der Waals surface area contributed by atoms with Crippen molar-refractivity contribution in [3.05, 3.63) is 60.2 Å². The van der Waals surface area contributed by atoms with E-state index >= 15 is 0 Å². The predicted octanol–water partition coefficient (Wildman–Crippen LogP) is 3.16. The number of hydrogen-bond acceptors (Lipinski definition) is 7. The van der Waals surface area contributed by atoms with Gasteiger partial charge in [-0.3, -0.25) is 14.9 Å². The molecule has 0 unspecified atom stereocenters. The van der Waals surface area contributed by atoms with E-state index in [0.717, 1.165) is 37.7 Å². The Morgan fingerprint density at radius 2 is 1.43 bits per heavy atom. The van der Waals surface area contributed by atoms with Crippen molar-refractivity contribution in [2.75, 3.05) is 19.8 Å². The van der Waals surface area contributed by atoms with Gasteiger partial charge in [0, 0.05) is 37.4 Å². The summed E-state index contributed by atoms with van der Waals surface area (Å²) >= 11 is 0. The molecular weight excluding hydrogens is 516 g/mol. The number of aliphatic carboxylic acids is 2. The highest BCUT2D eigenvalue weighted by Gasteiger charge is 2.46. The Bertz CT molecular complexity index is 970. The molecule has 4 heterocycles. The van der Waals surface area contributed by atoms with Crippen molar-refractivity contribution in [2.24, 2.45) is 5.92 Å². The number of hydrogen-bond donors (Lipinski definition) is 2. The van der Waals surface area contributed by atoms with Crippen LogP contribution in [0.2, 0.25) is 0 Å². The molecule has 204 valence electrons. The van der Waals surface area contributed by atoms with Crippen LogP contribution in [0, 0.1) is 5.92 Å². The van der Waals surface area contributed by atoms with Crippen LogP contribution in [0.15, 0.2) is 48.8 Å². The minimum atomic E-state index is -5.08. The van der Waals surface area contributed by atoms with E-state index in [1.54, 1.807) is 0 Å². The number of rotatable bonds is 5. The summed E-state index contributed by atoms with van der Waals surface area (Å²) in [5.41, 5.74) is 2.08. The first kappa shape index (κ1) is 29.9. The maximum Gasteiger partial charge on any atom is 0.490 e. The van der Waals surface area contributed by atoms with Gasteiger partial charge >= 0.3 is 24.3 Å². The minimum absolute atomic E-state index is 0.202. The van der Waals surface area contributed by atoms with Gasteiger partial charge in [0.25, 0.3) is 0 Å². The smallest absolute Gasteiger partial charge is 0.475 e. The number of alkyl halides is 6. The molecule has 2 aromatic heterocycles. The lowest BCUT2D eigenvalue weighted by molar-refractivity contribution is -0.193. The van der Waals surface area contributed by atoms with E-state index in [1.165, 1.54) is 0 Å². The summed E-state index contributed by atoms with van der Waals surface area (Å²) in [6, 6.07) is 12.4. The second-order valence-electron chi connectivity index (χ2n) is 7.80. The minimum Gasteiger partial charge on any atom is -0.475 e. The van der Waals surface area contributed by atoms with Crippen molar-refractivity contribution >= 4 is 11.9 Å². The molecule has 2 saturated heterocycles. The molecule has 9 nitrogen and oxygen atoms in total. The van der Waals surface area contributed by atoms with Crippen molar-refractivity contribution in [2.45, 2.75) is 37.7 Å². The van der Waals surface area contributed by atoms with Gasteiger partial charge in [0.15, 0.2) is 0 Å². The van der Waals surface area contributed by atoms with E-state index in [-0.39, 0.29) is 6.10 Å². The molecular formula is C22H23F6N3O6. The summed E-state index contributed by atoms with van der Waals surface area (Å²) in [6.45, 7) is 3.93. The van der Waals surface area contributed by atoms with Gasteiger partial charge < -0.3 is 19.7 Å². The molecule has 0 spiro atoms. The standard InChI is InChI=1S/C18H21N3O2.2C2HF3O2/c1-3-7-19-14(5-1)9-21-10-18(16-12-22-13-17(16)21)23-11-15-6-2-4-8-20-15;2*3-2(4,5)1(6)7/h1-8,16-18H,9-13H2;2*(H,6,7)/t16-,17+,18-;;/m0../s1. The van der Waals surface area contributed by atoms with Crippen molar-refractivity contribution in [3.8, 4) is 0 Å². The average Bonchev–Trinajstić information content (AvgIpc) is 3.43. The zero-order valence-corrected chi connectivity index (χ0v) is 19.0. The lowest BCUT2D eigenvalue weighted by atomic mass is 10.0. The first-order valence-corrected chi connectivity index (χ1v) is 10.6. The summed E-state index contributed by atoms with van der Waals surface area (Å²) in [7, 11) is 0. The molecule has 3 atom stereocenters.